The lowest BCUT2D eigenvalue weighted by Crippen LogP contribution is -2.32. The number of pyridine rings is 1. The van der Waals surface area contributed by atoms with Crippen LogP contribution in [0.3, 0.4) is 0 Å². The fraction of sp³-hybridized carbons (Fsp3) is 0.261. The fourth-order valence-corrected chi connectivity index (χ4v) is 4.80. The Bertz CT molecular complexity index is 1360. The second-order valence-corrected chi connectivity index (χ2v) is 9.45. The van der Waals surface area contributed by atoms with Crippen LogP contribution in [-0.4, -0.2) is 20.6 Å². The standard InChI is InChI=1S/C23H20N2O4S/c1-23(2,3)20-7-14-13-5-4-12(16-10-30-11-24-16)6-19(13)29-21(14)17-8-18(26)15(22(27)28)9-25(17)20/h4-6,8-11,20H,7H2,1-3H3,(H,27,28)/t20-/m0/s1. The maximum atomic E-state index is 12.5. The maximum absolute atomic E-state index is 12.5. The van der Waals surface area contributed by atoms with Crippen molar-refractivity contribution in [2.75, 3.05) is 0 Å². The topological polar surface area (TPSA) is 85.3 Å². The van der Waals surface area contributed by atoms with Crippen LogP contribution in [0.2, 0.25) is 0 Å². The van der Waals surface area contributed by atoms with E-state index in [4.69, 9.17) is 4.42 Å². The van der Waals surface area contributed by atoms with Crippen molar-refractivity contribution in [3.05, 3.63) is 62.7 Å². The molecule has 1 N–H and O–H groups in total. The van der Waals surface area contributed by atoms with Crippen LogP contribution in [0, 0.1) is 5.41 Å². The molecule has 0 radical (unpaired) electrons. The number of furan rings is 1. The van der Waals surface area contributed by atoms with E-state index in [1.807, 2.05) is 28.1 Å². The highest BCUT2D eigenvalue weighted by Gasteiger charge is 2.36. The number of carboxylic acid groups (broad SMARTS) is 1. The summed E-state index contributed by atoms with van der Waals surface area (Å²) in [5.74, 6) is -0.582. The number of benzene rings is 1. The smallest absolute Gasteiger partial charge is 0.341 e. The molecule has 0 unspecified atom stereocenters. The molecule has 7 heteroatoms. The Morgan fingerprint density at radius 3 is 2.77 bits per heavy atom. The number of hydrogen-bond donors (Lipinski definition) is 1. The number of carboxylic acids is 1. The molecular weight excluding hydrogens is 400 g/mol. The van der Waals surface area contributed by atoms with Crippen molar-refractivity contribution >= 4 is 28.3 Å². The van der Waals surface area contributed by atoms with Gasteiger partial charge in [0.15, 0.2) is 11.2 Å². The fourth-order valence-electron chi connectivity index (χ4n) is 4.24. The molecule has 0 fully saturated rings. The Morgan fingerprint density at radius 1 is 1.30 bits per heavy atom. The van der Waals surface area contributed by atoms with Crippen molar-refractivity contribution in [3.63, 3.8) is 0 Å². The van der Waals surface area contributed by atoms with E-state index >= 15 is 0 Å². The van der Waals surface area contributed by atoms with Gasteiger partial charge >= 0.3 is 5.97 Å². The van der Waals surface area contributed by atoms with Crippen LogP contribution in [0.1, 0.15) is 42.7 Å². The largest absolute Gasteiger partial charge is 0.477 e. The van der Waals surface area contributed by atoms with E-state index in [1.54, 1.807) is 5.51 Å². The molecule has 6 nitrogen and oxygen atoms in total. The molecule has 1 atom stereocenters. The van der Waals surface area contributed by atoms with Gasteiger partial charge in [-0.05, 0) is 17.9 Å². The SMILES string of the molecule is CC(C)(C)[C@@H]1Cc2c(oc3cc(-c4cscn4)ccc23)-c2cc(=O)c(C(=O)O)cn21. The number of hydrogen-bond acceptors (Lipinski definition) is 5. The Morgan fingerprint density at radius 2 is 2.10 bits per heavy atom. The summed E-state index contributed by atoms with van der Waals surface area (Å²) in [5.41, 5.74) is 5.19. The van der Waals surface area contributed by atoms with Gasteiger partial charge in [0, 0.05) is 40.2 Å². The summed E-state index contributed by atoms with van der Waals surface area (Å²) in [4.78, 5) is 28.4. The minimum absolute atomic E-state index is 0.0160. The first-order chi connectivity index (χ1) is 14.2. The second kappa shape index (κ2) is 6.40. The third-order valence-electron chi connectivity index (χ3n) is 5.80. The summed E-state index contributed by atoms with van der Waals surface area (Å²) < 4.78 is 8.14. The molecule has 0 spiro atoms. The van der Waals surface area contributed by atoms with E-state index in [0.717, 1.165) is 27.8 Å². The van der Waals surface area contributed by atoms with Crippen molar-refractivity contribution in [1.29, 1.82) is 0 Å². The summed E-state index contributed by atoms with van der Waals surface area (Å²) in [6.45, 7) is 6.36. The Labute approximate surface area is 176 Å². The summed E-state index contributed by atoms with van der Waals surface area (Å²) in [6.07, 6.45) is 2.16. The highest BCUT2D eigenvalue weighted by Crippen LogP contribution is 2.46. The number of fused-ring (bicyclic) bond motifs is 5. The van der Waals surface area contributed by atoms with Crippen molar-refractivity contribution < 1.29 is 14.3 Å². The van der Waals surface area contributed by atoms with E-state index in [1.165, 1.54) is 23.6 Å². The van der Waals surface area contributed by atoms with Crippen LogP contribution < -0.4 is 5.43 Å². The van der Waals surface area contributed by atoms with Crippen molar-refractivity contribution in [2.24, 2.45) is 5.41 Å². The zero-order chi connectivity index (χ0) is 21.2. The molecule has 4 aromatic rings. The van der Waals surface area contributed by atoms with E-state index in [9.17, 15) is 14.7 Å². The van der Waals surface area contributed by atoms with Gasteiger partial charge in [0.2, 0.25) is 0 Å². The zero-order valence-electron chi connectivity index (χ0n) is 16.8. The lowest BCUT2D eigenvalue weighted by Gasteiger charge is -2.37. The van der Waals surface area contributed by atoms with Crippen LogP contribution in [0.5, 0.6) is 0 Å². The molecule has 1 aliphatic rings. The lowest BCUT2D eigenvalue weighted by molar-refractivity contribution is 0.0693. The minimum atomic E-state index is -1.22. The van der Waals surface area contributed by atoms with Gasteiger partial charge in [-0.25, -0.2) is 9.78 Å². The van der Waals surface area contributed by atoms with Crippen LogP contribution in [0.25, 0.3) is 33.7 Å². The normalized spacial score (nSPS) is 15.8. The Hall–Kier alpha value is -3.19. The lowest BCUT2D eigenvalue weighted by atomic mass is 9.79. The van der Waals surface area contributed by atoms with Crippen LogP contribution in [0.15, 0.2) is 50.6 Å². The summed E-state index contributed by atoms with van der Waals surface area (Å²) >= 11 is 1.54. The number of carbonyl (C=O) groups is 1. The molecule has 0 aliphatic carbocycles. The first-order valence-corrected chi connectivity index (χ1v) is 10.6. The van der Waals surface area contributed by atoms with Gasteiger partial charge in [-0.2, -0.15) is 0 Å². The van der Waals surface area contributed by atoms with Gasteiger partial charge in [-0.3, -0.25) is 4.79 Å². The van der Waals surface area contributed by atoms with Crippen LogP contribution in [-0.2, 0) is 6.42 Å². The number of aromatic nitrogens is 2. The van der Waals surface area contributed by atoms with Gasteiger partial charge in [-0.1, -0.05) is 32.9 Å². The van der Waals surface area contributed by atoms with Crippen LogP contribution >= 0.6 is 11.3 Å². The van der Waals surface area contributed by atoms with E-state index in [0.29, 0.717) is 17.9 Å². The molecule has 1 aliphatic heterocycles. The first kappa shape index (κ1) is 18.8. The average Bonchev–Trinajstić information content (AvgIpc) is 3.33. The number of thiazole rings is 1. The number of nitrogens with zero attached hydrogens (tertiary/aromatic N) is 2. The third kappa shape index (κ3) is 2.81. The van der Waals surface area contributed by atoms with Gasteiger partial charge in [0.25, 0.3) is 0 Å². The number of rotatable bonds is 2. The number of aromatic carboxylic acids is 1. The average molecular weight is 420 g/mol. The Kier molecular flexibility index (Phi) is 4.02. The highest BCUT2D eigenvalue weighted by atomic mass is 32.1. The summed E-state index contributed by atoms with van der Waals surface area (Å²) in [7, 11) is 0. The molecular formula is C23H20N2O4S. The predicted octanol–water partition coefficient (Wildman–Crippen LogP) is 5.23. The molecule has 0 saturated heterocycles. The second-order valence-electron chi connectivity index (χ2n) is 8.73. The maximum Gasteiger partial charge on any atom is 0.341 e. The highest BCUT2D eigenvalue weighted by molar-refractivity contribution is 7.07. The predicted molar refractivity (Wildman–Crippen MR) is 116 cm³/mol. The van der Waals surface area contributed by atoms with Gasteiger partial charge < -0.3 is 14.1 Å². The molecule has 4 heterocycles. The molecule has 3 aromatic heterocycles. The molecule has 0 saturated carbocycles. The molecule has 30 heavy (non-hydrogen) atoms. The molecule has 0 amide bonds. The van der Waals surface area contributed by atoms with Crippen molar-refractivity contribution in [3.8, 4) is 22.7 Å². The minimum Gasteiger partial charge on any atom is -0.477 e. The summed E-state index contributed by atoms with van der Waals surface area (Å²) in [6, 6.07) is 7.44. The molecule has 152 valence electrons. The van der Waals surface area contributed by atoms with E-state index in [2.05, 4.69) is 25.8 Å². The Balaban J connectivity index is 1.77. The third-order valence-corrected chi connectivity index (χ3v) is 6.38. The van der Waals surface area contributed by atoms with E-state index in [-0.39, 0.29) is 17.0 Å². The van der Waals surface area contributed by atoms with Crippen LogP contribution in [0.4, 0.5) is 0 Å². The quantitative estimate of drug-likeness (QED) is 0.480. The van der Waals surface area contributed by atoms with E-state index < -0.39 is 11.4 Å². The zero-order valence-corrected chi connectivity index (χ0v) is 17.6. The van der Waals surface area contributed by atoms with Gasteiger partial charge in [0.1, 0.15) is 11.1 Å². The molecule has 5 rings (SSSR count). The first-order valence-electron chi connectivity index (χ1n) is 9.68. The van der Waals surface area contributed by atoms with Gasteiger partial charge in [0.05, 0.1) is 16.9 Å². The van der Waals surface area contributed by atoms with Crippen molar-refractivity contribution in [1.82, 2.24) is 9.55 Å². The molecule has 1 aromatic carbocycles. The monoisotopic (exact) mass is 420 g/mol. The summed E-state index contributed by atoms with van der Waals surface area (Å²) in [5, 5.41) is 12.4. The van der Waals surface area contributed by atoms with Gasteiger partial charge in [-0.15, -0.1) is 11.3 Å². The molecule has 0 bridgehead atoms. The van der Waals surface area contributed by atoms with Crippen molar-refractivity contribution in [2.45, 2.75) is 33.2 Å².